The van der Waals surface area contributed by atoms with Crippen LogP contribution in [-0.4, -0.2) is 57.2 Å². The SMILES string of the molecule is O=C(c1ccc2ncsc2c1)N1CCN(c2ccc(Nc3ccccn3)nn2)CC1. The molecule has 1 saturated heterocycles. The van der Waals surface area contributed by atoms with Crippen LogP contribution in [-0.2, 0) is 0 Å². The van der Waals surface area contributed by atoms with Crippen LogP contribution in [0.25, 0.3) is 10.2 Å². The number of amides is 1. The second-order valence-corrected chi connectivity index (χ2v) is 7.82. The lowest BCUT2D eigenvalue weighted by Gasteiger charge is -2.35. The summed E-state index contributed by atoms with van der Waals surface area (Å²) in [6.45, 7) is 2.73. The van der Waals surface area contributed by atoms with Crippen LogP contribution in [0.15, 0.2) is 60.2 Å². The molecule has 0 aliphatic carbocycles. The summed E-state index contributed by atoms with van der Waals surface area (Å²) >= 11 is 1.55. The maximum absolute atomic E-state index is 12.9. The molecule has 30 heavy (non-hydrogen) atoms. The number of hydrogen-bond donors (Lipinski definition) is 1. The summed E-state index contributed by atoms with van der Waals surface area (Å²) in [6.07, 6.45) is 1.72. The molecule has 9 heteroatoms. The number of nitrogens with zero attached hydrogens (tertiary/aromatic N) is 6. The van der Waals surface area contributed by atoms with Gasteiger partial charge in [-0.1, -0.05) is 6.07 Å². The van der Waals surface area contributed by atoms with Gasteiger partial charge in [-0.2, -0.15) is 0 Å². The summed E-state index contributed by atoms with van der Waals surface area (Å²) in [6, 6.07) is 15.2. The number of carbonyl (C=O) groups is 1. The van der Waals surface area contributed by atoms with Crippen molar-refractivity contribution in [3.8, 4) is 0 Å². The van der Waals surface area contributed by atoms with E-state index >= 15 is 0 Å². The Hall–Kier alpha value is -3.59. The van der Waals surface area contributed by atoms with Gasteiger partial charge >= 0.3 is 0 Å². The summed E-state index contributed by atoms with van der Waals surface area (Å²) < 4.78 is 1.04. The van der Waals surface area contributed by atoms with Gasteiger partial charge in [-0.05, 0) is 42.5 Å². The maximum atomic E-state index is 12.9. The molecule has 8 nitrogen and oxygen atoms in total. The Morgan fingerprint density at radius 2 is 1.83 bits per heavy atom. The molecule has 0 spiro atoms. The summed E-state index contributed by atoms with van der Waals surface area (Å²) in [7, 11) is 0. The van der Waals surface area contributed by atoms with Crippen molar-refractivity contribution in [2.45, 2.75) is 0 Å². The number of hydrogen-bond acceptors (Lipinski definition) is 8. The topological polar surface area (TPSA) is 87.1 Å². The van der Waals surface area contributed by atoms with Crippen LogP contribution in [0, 0.1) is 0 Å². The number of anilines is 3. The average molecular weight is 417 g/mol. The third-order valence-corrected chi connectivity index (χ3v) is 5.83. The third kappa shape index (κ3) is 3.79. The Labute approximate surface area is 177 Å². The maximum Gasteiger partial charge on any atom is 0.254 e. The molecule has 150 valence electrons. The minimum Gasteiger partial charge on any atom is -0.352 e. The molecular formula is C21H19N7OS. The fourth-order valence-electron chi connectivity index (χ4n) is 3.44. The van der Waals surface area contributed by atoms with Gasteiger partial charge in [-0.25, -0.2) is 9.97 Å². The van der Waals surface area contributed by atoms with Gasteiger partial charge in [0, 0.05) is 37.9 Å². The summed E-state index contributed by atoms with van der Waals surface area (Å²) in [4.78, 5) is 25.4. The van der Waals surface area contributed by atoms with Crippen molar-refractivity contribution in [2.24, 2.45) is 0 Å². The van der Waals surface area contributed by atoms with Crippen molar-refractivity contribution in [3.05, 3.63) is 65.8 Å². The monoisotopic (exact) mass is 417 g/mol. The Morgan fingerprint density at radius 3 is 2.60 bits per heavy atom. The highest BCUT2D eigenvalue weighted by Gasteiger charge is 2.23. The number of rotatable bonds is 4. The Balaban J connectivity index is 1.20. The van der Waals surface area contributed by atoms with Gasteiger partial charge in [0.25, 0.3) is 5.91 Å². The molecule has 3 aromatic heterocycles. The standard InChI is InChI=1S/C21H19N7OS/c29-21(15-4-5-16-17(13-15)30-14-23-16)28-11-9-27(10-12-28)20-7-6-19(25-26-20)24-18-3-1-2-8-22-18/h1-8,13-14H,9-12H2,(H,22,24,25). The van der Waals surface area contributed by atoms with Crippen LogP contribution in [0.2, 0.25) is 0 Å². The molecule has 1 fully saturated rings. The molecule has 0 atom stereocenters. The van der Waals surface area contributed by atoms with E-state index < -0.39 is 0 Å². The Kier molecular flexibility index (Phi) is 4.94. The highest BCUT2D eigenvalue weighted by molar-refractivity contribution is 7.16. The molecule has 4 heterocycles. The second-order valence-electron chi connectivity index (χ2n) is 6.93. The third-order valence-electron chi connectivity index (χ3n) is 5.04. The minimum absolute atomic E-state index is 0.0611. The number of nitrogens with one attached hydrogen (secondary N) is 1. The molecule has 1 aliphatic rings. The van der Waals surface area contributed by atoms with E-state index in [1.165, 1.54) is 0 Å². The van der Waals surface area contributed by atoms with Crippen molar-refractivity contribution >= 4 is 44.9 Å². The van der Waals surface area contributed by atoms with Gasteiger partial charge in [0.15, 0.2) is 11.6 Å². The second kappa shape index (κ2) is 8.03. The van der Waals surface area contributed by atoms with E-state index in [0.29, 0.717) is 24.5 Å². The lowest BCUT2D eigenvalue weighted by Crippen LogP contribution is -2.49. The van der Waals surface area contributed by atoms with Gasteiger partial charge in [-0.15, -0.1) is 21.5 Å². The Morgan fingerprint density at radius 1 is 0.933 bits per heavy atom. The van der Waals surface area contributed by atoms with Crippen LogP contribution in [0.5, 0.6) is 0 Å². The zero-order valence-corrected chi connectivity index (χ0v) is 16.9. The predicted octanol–water partition coefficient (Wildman–Crippen LogP) is 3.19. The fourth-order valence-corrected chi connectivity index (χ4v) is 4.15. The van der Waals surface area contributed by atoms with Crippen LogP contribution < -0.4 is 10.2 Å². The fraction of sp³-hybridized carbons (Fsp3) is 0.190. The highest BCUT2D eigenvalue weighted by atomic mass is 32.1. The van der Waals surface area contributed by atoms with Crippen molar-refractivity contribution in [3.63, 3.8) is 0 Å². The first-order valence-electron chi connectivity index (χ1n) is 9.65. The van der Waals surface area contributed by atoms with E-state index in [-0.39, 0.29) is 5.91 Å². The highest BCUT2D eigenvalue weighted by Crippen LogP contribution is 2.21. The van der Waals surface area contributed by atoms with Crippen molar-refractivity contribution in [1.82, 2.24) is 25.1 Å². The lowest BCUT2D eigenvalue weighted by atomic mass is 10.1. The first kappa shape index (κ1) is 18.4. The Bertz CT molecular complexity index is 1150. The van der Waals surface area contributed by atoms with Crippen LogP contribution in [0.1, 0.15) is 10.4 Å². The quantitative estimate of drug-likeness (QED) is 0.546. The van der Waals surface area contributed by atoms with Crippen LogP contribution in [0.4, 0.5) is 17.5 Å². The van der Waals surface area contributed by atoms with Crippen molar-refractivity contribution in [1.29, 1.82) is 0 Å². The normalized spacial score (nSPS) is 14.1. The molecule has 0 saturated carbocycles. The van der Waals surface area contributed by atoms with Crippen LogP contribution in [0.3, 0.4) is 0 Å². The number of aromatic nitrogens is 4. The van der Waals surface area contributed by atoms with Gasteiger partial charge < -0.3 is 15.1 Å². The number of carbonyl (C=O) groups excluding carboxylic acids is 1. The number of thiazole rings is 1. The summed E-state index contributed by atoms with van der Waals surface area (Å²) in [5.74, 6) is 2.23. The number of fused-ring (bicyclic) bond motifs is 1. The van der Waals surface area contributed by atoms with Gasteiger partial charge in [0.1, 0.15) is 5.82 Å². The average Bonchev–Trinajstić information content (AvgIpc) is 3.28. The summed E-state index contributed by atoms with van der Waals surface area (Å²) in [5, 5.41) is 11.7. The molecule has 1 aliphatic heterocycles. The molecule has 0 radical (unpaired) electrons. The molecule has 0 unspecified atom stereocenters. The molecule has 1 aromatic carbocycles. The van der Waals surface area contributed by atoms with E-state index in [2.05, 4.69) is 30.4 Å². The number of piperazine rings is 1. The zero-order chi connectivity index (χ0) is 20.3. The molecular weight excluding hydrogens is 398 g/mol. The molecule has 5 rings (SSSR count). The zero-order valence-electron chi connectivity index (χ0n) is 16.1. The van der Waals surface area contributed by atoms with E-state index in [4.69, 9.17) is 0 Å². The lowest BCUT2D eigenvalue weighted by molar-refractivity contribution is 0.0746. The molecule has 0 bridgehead atoms. The van der Waals surface area contributed by atoms with E-state index in [9.17, 15) is 4.79 Å². The molecule has 1 N–H and O–H groups in total. The molecule has 1 amide bonds. The van der Waals surface area contributed by atoms with Crippen LogP contribution >= 0.6 is 11.3 Å². The van der Waals surface area contributed by atoms with Gasteiger partial charge in [-0.3, -0.25) is 4.79 Å². The smallest absolute Gasteiger partial charge is 0.254 e. The van der Waals surface area contributed by atoms with Gasteiger partial charge in [0.05, 0.1) is 15.7 Å². The first-order valence-corrected chi connectivity index (χ1v) is 10.5. The van der Waals surface area contributed by atoms with Gasteiger partial charge in [0.2, 0.25) is 0 Å². The summed E-state index contributed by atoms with van der Waals surface area (Å²) in [5.41, 5.74) is 3.45. The van der Waals surface area contributed by atoms with E-state index in [0.717, 1.165) is 34.9 Å². The van der Waals surface area contributed by atoms with Crippen molar-refractivity contribution < 1.29 is 4.79 Å². The number of benzene rings is 1. The first-order chi connectivity index (χ1) is 14.8. The molecule has 4 aromatic rings. The van der Waals surface area contributed by atoms with Crippen molar-refractivity contribution in [2.75, 3.05) is 36.4 Å². The minimum atomic E-state index is 0.0611. The number of pyridine rings is 1. The predicted molar refractivity (Wildman–Crippen MR) is 117 cm³/mol. The van der Waals surface area contributed by atoms with E-state index in [1.807, 2.05) is 53.4 Å². The van der Waals surface area contributed by atoms with E-state index in [1.54, 1.807) is 23.0 Å². The largest absolute Gasteiger partial charge is 0.352 e.